The van der Waals surface area contributed by atoms with Crippen LogP contribution in [0.2, 0.25) is 0 Å². The van der Waals surface area contributed by atoms with E-state index in [4.69, 9.17) is 9.47 Å². The van der Waals surface area contributed by atoms with Crippen LogP contribution in [-0.4, -0.2) is 31.3 Å². The van der Waals surface area contributed by atoms with Crippen molar-refractivity contribution in [2.24, 2.45) is 0 Å². The Morgan fingerprint density at radius 2 is 2.40 bits per heavy atom. The van der Waals surface area contributed by atoms with E-state index in [2.05, 4.69) is 10.3 Å². The second-order valence-corrected chi connectivity index (χ2v) is 4.90. The molecule has 82 valence electrons. The van der Waals surface area contributed by atoms with Crippen molar-refractivity contribution in [3.8, 4) is 0 Å². The largest absolute Gasteiger partial charge is 0.375 e. The monoisotopic (exact) mass is 226 g/mol. The maximum Gasteiger partial charge on any atom is 0.123 e. The van der Waals surface area contributed by atoms with Crippen molar-refractivity contribution in [1.29, 1.82) is 0 Å². The average molecular weight is 226 g/mol. The smallest absolute Gasteiger partial charge is 0.123 e. The lowest BCUT2D eigenvalue weighted by Gasteiger charge is -2.21. The lowest BCUT2D eigenvalue weighted by Crippen LogP contribution is -2.33. The summed E-state index contributed by atoms with van der Waals surface area (Å²) in [5.41, 5.74) is 1.22. The molecule has 0 amide bonds. The Morgan fingerprint density at radius 3 is 3.20 bits per heavy atom. The molecule has 0 aromatic carbocycles. The summed E-state index contributed by atoms with van der Waals surface area (Å²) >= 11 is 1.74. The summed E-state index contributed by atoms with van der Waals surface area (Å²) in [6.07, 6.45) is 1.10. The van der Waals surface area contributed by atoms with Gasteiger partial charge in [0.2, 0.25) is 0 Å². The molecular weight excluding hydrogens is 212 g/mol. The Balaban J connectivity index is 1.82. The third-order valence-electron chi connectivity index (χ3n) is 2.71. The molecule has 3 rings (SSSR count). The second-order valence-electron chi connectivity index (χ2n) is 3.79. The molecule has 1 unspecified atom stereocenters. The summed E-state index contributed by atoms with van der Waals surface area (Å²) in [7, 11) is 0. The fourth-order valence-corrected chi connectivity index (χ4v) is 3.01. The molecule has 0 spiro atoms. The maximum absolute atomic E-state index is 5.69. The topological polar surface area (TPSA) is 43.4 Å². The van der Waals surface area contributed by atoms with Crippen molar-refractivity contribution in [2.75, 3.05) is 26.3 Å². The molecule has 1 saturated heterocycles. The standard InChI is InChI=1S/C10H14N2O2S/c1-3-13-6-9-7(1)12-10(15-9)8-5-11-2-4-14-8/h8,11H,1-6H2. The van der Waals surface area contributed by atoms with Gasteiger partial charge in [-0.25, -0.2) is 4.98 Å². The third-order valence-corrected chi connectivity index (χ3v) is 3.88. The molecule has 0 radical (unpaired) electrons. The number of nitrogens with zero attached hydrogens (tertiary/aromatic N) is 1. The molecular formula is C10H14N2O2S. The van der Waals surface area contributed by atoms with E-state index < -0.39 is 0 Å². The molecule has 1 aromatic rings. The van der Waals surface area contributed by atoms with E-state index in [1.54, 1.807) is 11.3 Å². The highest BCUT2D eigenvalue weighted by atomic mass is 32.1. The van der Waals surface area contributed by atoms with E-state index in [0.29, 0.717) is 0 Å². The highest BCUT2D eigenvalue weighted by Gasteiger charge is 2.23. The highest BCUT2D eigenvalue weighted by Crippen LogP contribution is 2.29. The minimum Gasteiger partial charge on any atom is -0.375 e. The molecule has 1 fully saturated rings. The van der Waals surface area contributed by atoms with Crippen molar-refractivity contribution in [3.05, 3.63) is 15.6 Å². The van der Waals surface area contributed by atoms with Gasteiger partial charge < -0.3 is 14.8 Å². The Kier molecular flexibility index (Phi) is 2.70. The zero-order valence-electron chi connectivity index (χ0n) is 8.49. The van der Waals surface area contributed by atoms with Crippen LogP contribution in [0.3, 0.4) is 0 Å². The summed E-state index contributed by atoms with van der Waals surface area (Å²) < 4.78 is 11.1. The Labute approximate surface area is 92.6 Å². The summed E-state index contributed by atoms with van der Waals surface area (Å²) in [4.78, 5) is 5.93. The van der Waals surface area contributed by atoms with Gasteiger partial charge in [0.25, 0.3) is 0 Å². The minimum absolute atomic E-state index is 0.148. The third kappa shape index (κ3) is 1.92. The van der Waals surface area contributed by atoms with Crippen molar-refractivity contribution in [2.45, 2.75) is 19.1 Å². The number of thiazole rings is 1. The Bertz CT molecular complexity index is 324. The van der Waals surface area contributed by atoms with Crippen LogP contribution in [0.25, 0.3) is 0 Å². The van der Waals surface area contributed by atoms with Crippen LogP contribution in [0.15, 0.2) is 0 Å². The molecule has 2 aliphatic heterocycles. The van der Waals surface area contributed by atoms with Crippen molar-refractivity contribution >= 4 is 11.3 Å². The summed E-state index contributed by atoms with van der Waals surface area (Å²) in [5, 5.41) is 4.43. The number of morpholine rings is 1. The first kappa shape index (κ1) is 9.72. The van der Waals surface area contributed by atoms with Crippen LogP contribution in [-0.2, 0) is 22.5 Å². The van der Waals surface area contributed by atoms with Gasteiger partial charge in [-0.3, -0.25) is 0 Å². The van der Waals surface area contributed by atoms with Crippen LogP contribution < -0.4 is 5.32 Å². The molecule has 0 aliphatic carbocycles. The number of hydrogen-bond acceptors (Lipinski definition) is 5. The zero-order valence-corrected chi connectivity index (χ0v) is 9.31. The van der Waals surface area contributed by atoms with Gasteiger partial charge in [0.05, 0.1) is 30.4 Å². The highest BCUT2D eigenvalue weighted by molar-refractivity contribution is 7.11. The summed E-state index contributed by atoms with van der Waals surface area (Å²) in [6, 6.07) is 0. The first-order valence-corrected chi connectivity index (χ1v) is 6.13. The fraction of sp³-hybridized carbons (Fsp3) is 0.700. The second kappa shape index (κ2) is 4.17. The van der Waals surface area contributed by atoms with E-state index in [0.717, 1.165) is 44.3 Å². The van der Waals surface area contributed by atoms with Crippen molar-refractivity contribution < 1.29 is 9.47 Å². The van der Waals surface area contributed by atoms with E-state index in [-0.39, 0.29) is 6.10 Å². The number of fused-ring (bicyclic) bond motifs is 1. The van der Waals surface area contributed by atoms with Crippen molar-refractivity contribution in [1.82, 2.24) is 10.3 Å². The average Bonchev–Trinajstić information content (AvgIpc) is 2.74. The Hall–Kier alpha value is -0.490. The van der Waals surface area contributed by atoms with Gasteiger partial charge >= 0.3 is 0 Å². The molecule has 1 atom stereocenters. The van der Waals surface area contributed by atoms with Gasteiger partial charge in [-0.2, -0.15) is 0 Å². The molecule has 1 aromatic heterocycles. The SMILES string of the molecule is C1COC(c2nc3c(s2)COCC3)CN1. The van der Waals surface area contributed by atoms with Crippen LogP contribution in [0.5, 0.6) is 0 Å². The van der Waals surface area contributed by atoms with Crippen LogP contribution >= 0.6 is 11.3 Å². The van der Waals surface area contributed by atoms with Crippen LogP contribution in [0, 0.1) is 0 Å². The number of hydrogen-bond donors (Lipinski definition) is 1. The first-order valence-electron chi connectivity index (χ1n) is 5.32. The minimum atomic E-state index is 0.148. The van der Waals surface area contributed by atoms with Crippen LogP contribution in [0.4, 0.5) is 0 Å². The van der Waals surface area contributed by atoms with Gasteiger partial charge in [0.15, 0.2) is 0 Å². The number of ether oxygens (including phenoxy) is 2. The quantitative estimate of drug-likeness (QED) is 0.772. The lowest BCUT2D eigenvalue weighted by molar-refractivity contribution is 0.0274. The molecule has 5 heteroatoms. The predicted molar refractivity (Wildman–Crippen MR) is 57.0 cm³/mol. The molecule has 3 heterocycles. The first-order chi connectivity index (χ1) is 7.43. The molecule has 4 nitrogen and oxygen atoms in total. The van der Waals surface area contributed by atoms with E-state index in [1.165, 1.54) is 10.6 Å². The van der Waals surface area contributed by atoms with E-state index in [9.17, 15) is 0 Å². The molecule has 0 bridgehead atoms. The number of nitrogens with one attached hydrogen (secondary N) is 1. The van der Waals surface area contributed by atoms with E-state index >= 15 is 0 Å². The van der Waals surface area contributed by atoms with Crippen molar-refractivity contribution in [3.63, 3.8) is 0 Å². The van der Waals surface area contributed by atoms with Gasteiger partial charge in [0.1, 0.15) is 11.1 Å². The molecule has 0 saturated carbocycles. The van der Waals surface area contributed by atoms with Gasteiger partial charge in [-0.05, 0) is 0 Å². The predicted octanol–water partition coefficient (Wildman–Crippen LogP) is 0.877. The van der Waals surface area contributed by atoms with Gasteiger partial charge in [0, 0.05) is 19.5 Å². The maximum atomic E-state index is 5.69. The molecule has 1 N–H and O–H groups in total. The van der Waals surface area contributed by atoms with Gasteiger partial charge in [-0.15, -0.1) is 11.3 Å². The summed E-state index contributed by atoms with van der Waals surface area (Å²) in [5.74, 6) is 0. The normalized spacial score (nSPS) is 26.3. The zero-order chi connectivity index (χ0) is 10.1. The molecule has 2 aliphatic rings. The number of rotatable bonds is 1. The Morgan fingerprint density at radius 1 is 1.40 bits per heavy atom. The van der Waals surface area contributed by atoms with Crippen LogP contribution in [0.1, 0.15) is 21.7 Å². The van der Waals surface area contributed by atoms with Gasteiger partial charge in [-0.1, -0.05) is 0 Å². The lowest BCUT2D eigenvalue weighted by atomic mass is 10.2. The summed E-state index contributed by atoms with van der Waals surface area (Å²) in [6.45, 7) is 4.15. The molecule has 15 heavy (non-hydrogen) atoms. The number of aromatic nitrogens is 1. The fourth-order valence-electron chi connectivity index (χ4n) is 1.91. The van der Waals surface area contributed by atoms with E-state index in [1.807, 2.05) is 0 Å².